The Morgan fingerprint density at radius 3 is 2.84 bits per heavy atom. The van der Waals surface area contributed by atoms with Gasteiger partial charge in [-0.2, -0.15) is 0 Å². The number of thiazole rings is 1. The third kappa shape index (κ3) is 4.18. The van der Waals surface area contributed by atoms with Crippen molar-refractivity contribution in [3.8, 4) is 0 Å². The van der Waals surface area contributed by atoms with E-state index in [4.69, 9.17) is 0 Å². The van der Waals surface area contributed by atoms with Gasteiger partial charge >= 0.3 is 0 Å². The number of nitrogens with zero attached hydrogens (tertiary/aromatic N) is 2. The maximum atomic E-state index is 4.59. The highest BCUT2D eigenvalue weighted by atomic mass is 32.1. The molecule has 1 atom stereocenters. The van der Waals surface area contributed by atoms with Crippen molar-refractivity contribution >= 4 is 16.5 Å². The highest BCUT2D eigenvalue weighted by molar-refractivity contribution is 7.15. The predicted molar refractivity (Wildman–Crippen MR) is 83.8 cm³/mol. The quantitative estimate of drug-likeness (QED) is 0.866. The van der Waals surface area contributed by atoms with E-state index in [1.165, 1.54) is 29.5 Å². The van der Waals surface area contributed by atoms with E-state index in [1.807, 2.05) is 17.5 Å². The van der Waals surface area contributed by atoms with Crippen molar-refractivity contribution in [1.29, 1.82) is 0 Å². The summed E-state index contributed by atoms with van der Waals surface area (Å²) in [7, 11) is 0. The molecule has 1 unspecified atom stereocenters. The van der Waals surface area contributed by atoms with Gasteiger partial charge in [-0.05, 0) is 30.7 Å². The van der Waals surface area contributed by atoms with Gasteiger partial charge in [0.2, 0.25) is 0 Å². The molecular formula is C15H27N3S. The second-order valence-electron chi connectivity index (χ2n) is 6.37. The van der Waals surface area contributed by atoms with Gasteiger partial charge in [0.25, 0.3) is 0 Å². The third-order valence-corrected chi connectivity index (χ3v) is 4.89. The lowest BCUT2D eigenvalue weighted by Gasteiger charge is -2.16. The second-order valence-corrected chi connectivity index (χ2v) is 7.47. The number of nitrogens with one attached hydrogen (secondary N) is 1. The molecule has 19 heavy (non-hydrogen) atoms. The van der Waals surface area contributed by atoms with Crippen molar-refractivity contribution in [2.75, 3.05) is 24.5 Å². The Bertz CT molecular complexity index is 386. The number of hydrogen-bond donors (Lipinski definition) is 1. The molecule has 0 aromatic carbocycles. The number of rotatable bonds is 6. The fourth-order valence-corrected chi connectivity index (χ4v) is 3.43. The molecule has 0 amide bonds. The van der Waals surface area contributed by atoms with Crippen LogP contribution in [0.15, 0.2) is 6.20 Å². The van der Waals surface area contributed by atoms with Crippen LogP contribution in [0.3, 0.4) is 0 Å². The van der Waals surface area contributed by atoms with E-state index in [0.717, 1.165) is 24.9 Å². The van der Waals surface area contributed by atoms with Crippen LogP contribution in [0.2, 0.25) is 0 Å². The highest BCUT2D eigenvalue weighted by Crippen LogP contribution is 2.30. The third-order valence-electron chi connectivity index (χ3n) is 3.83. The molecule has 4 heteroatoms. The largest absolute Gasteiger partial charge is 0.348 e. The van der Waals surface area contributed by atoms with Gasteiger partial charge < -0.3 is 10.2 Å². The smallest absolute Gasteiger partial charge is 0.185 e. The Morgan fingerprint density at radius 1 is 1.42 bits per heavy atom. The molecule has 0 radical (unpaired) electrons. The zero-order valence-corrected chi connectivity index (χ0v) is 13.5. The van der Waals surface area contributed by atoms with E-state index >= 15 is 0 Å². The first-order valence-electron chi connectivity index (χ1n) is 7.46. The van der Waals surface area contributed by atoms with E-state index < -0.39 is 0 Å². The number of anilines is 1. The summed E-state index contributed by atoms with van der Waals surface area (Å²) in [6, 6.07) is 0. The maximum absolute atomic E-state index is 4.59. The summed E-state index contributed by atoms with van der Waals surface area (Å²) in [6.45, 7) is 13.5. The minimum atomic E-state index is 0.706. The van der Waals surface area contributed by atoms with Crippen molar-refractivity contribution in [2.45, 2.75) is 40.7 Å². The average Bonchev–Trinajstić information content (AvgIpc) is 2.95. The molecule has 2 heterocycles. The molecule has 1 aromatic heterocycles. The van der Waals surface area contributed by atoms with Gasteiger partial charge in [0.05, 0.1) is 0 Å². The molecular weight excluding hydrogens is 254 g/mol. The summed E-state index contributed by atoms with van der Waals surface area (Å²) >= 11 is 1.85. The summed E-state index contributed by atoms with van der Waals surface area (Å²) in [5.41, 5.74) is 0. The zero-order valence-electron chi connectivity index (χ0n) is 12.6. The van der Waals surface area contributed by atoms with Gasteiger partial charge in [-0.15, -0.1) is 11.3 Å². The van der Waals surface area contributed by atoms with Gasteiger partial charge in [0.15, 0.2) is 5.13 Å². The molecule has 2 rings (SSSR count). The fourth-order valence-electron chi connectivity index (χ4n) is 2.51. The predicted octanol–water partition coefficient (Wildman–Crippen LogP) is 3.37. The summed E-state index contributed by atoms with van der Waals surface area (Å²) in [5.74, 6) is 2.33. The van der Waals surface area contributed by atoms with E-state index in [1.54, 1.807) is 0 Å². The molecule has 1 aliphatic heterocycles. The van der Waals surface area contributed by atoms with Gasteiger partial charge in [0.1, 0.15) is 0 Å². The topological polar surface area (TPSA) is 28.2 Å². The van der Waals surface area contributed by atoms with Crippen LogP contribution in [-0.2, 0) is 6.54 Å². The Kier molecular flexibility index (Phi) is 5.22. The Labute approximate surface area is 121 Å². The minimum absolute atomic E-state index is 0.706. The van der Waals surface area contributed by atoms with Gasteiger partial charge in [-0.1, -0.05) is 27.7 Å². The van der Waals surface area contributed by atoms with Gasteiger partial charge in [0, 0.05) is 30.7 Å². The fraction of sp³-hybridized carbons (Fsp3) is 0.800. The van der Waals surface area contributed by atoms with Crippen LogP contribution in [0.1, 0.15) is 39.0 Å². The zero-order chi connectivity index (χ0) is 13.8. The van der Waals surface area contributed by atoms with Crippen molar-refractivity contribution in [1.82, 2.24) is 10.3 Å². The van der Waals surface area contributed by atoms with Crippen molar-refractivity contribution in [3.05, 3.63) is 11.1 Å². The lowest BCUT2D eigenvalue weighted by atomic mass is 9.95. The SMILES string of the molecule is CC(C)CNCc1cnc(N2CCC(C(C)C)C2)s1. The van der Waals surface area contributed by atoms with Crippen LogP contribution in [0.4, 0.5) is 5.13 Å². The molecule has 0 spiro atoms. The molecule has 3 nitrogen and oxygen atoms in total. The summed E-state index contributed by atoms with van der Waals surface area (Å²) in [4.78, 5) is 8.40. The second kappa shape index (κ2) is 6.71. The Morgan fingerprint density at radius 2 is 2.21 bits per heavy atom. The molecule has 1 saturated heterocycles. The van der Waals surface area contributed by atoms with Crippen molar-refractivity contribution in [3.63, 3.8) is 0 Å². The molecule has 0 bridgehead atoms. The molecule has 108 valence electrons. The van der Waals surface area contributed by atoms with Crippen LogP contribution in [0.25, 0.3) is 0 Å². The summed E-state index contributed by atoms with van der Waals surface area (Å²) in [5, 5.41) is 4.70. The molecule has 0 aliphatic carbocycles. The molecule has 0 saturated carbocycles. The van der Waals surface area contributed by atoms with Crippen molar-refractivity contribution < 1.29 is 0 Å². The van der Waals surface area contributed by atoms with Gasteiger partial charge in [-0.25, -0.2) is 4.98 Å². The lowest BCUT2D eigenvalue weighted by Crippen LogP contribution is -2.20. The standard InChI is InChI=1S/C15H27N3S/c1-11(2)7-16-8-14-9-17-15(19-14)18-6-5-13(10-18)12(3)4/h9,11-13,16H,5-8,10H2,1-4H3. The Hall–Kier alpha value is -0.610. The van der Waals surface area contributed by atoms with Crippen LogP contribution < -0.4 is 10.2 Å². The van der Waals surface area contributed by atoms with E-state index in [2.05, 4.69) is 42.9 Å². The normalized spacial score (nSPS) is 19.9. The first-order valence-corrected chi connectivity index (χ1v) is 8.28. The molecule has 1 aromatic rings. The van der Waals surface area contributed by atoms with Crippen molar-refractivity contribution in [2.24, 2.45) is 17.8 Å². The highest BCUT2D eigenvalue weighted by Gasteiger charge is 2.26. The molecule has 1 fully saturated rings. The number of aromatic nitrogens is 1. The van der Waals surface area contributed by atoms with E-state index in [9.17, 15) is 0 Å². The van der Waals surface area contributed by atoms with E-state index in [0.29, 0.717) is 5.92 Å². The monoisotopic (exact) mass is 281 g/mol. The average molecular weight is 281 g/mol. The lowest BCUT2D eigenvalue weighted by molar-refractivity contribution is 0.423. The van der Waals surface area contributed by atoms with Crippen LogP contribution in [-0.4, -0.2) is 24.6 Å². The first-order chi connectivity index (χ1) is 9.06. The van der Waals surface area contributed by atoms with Crippen LogP contribution >= 0.6 is 11.3 Å². The van der Waals surface area contributed by atoms with E-state index in [-0.39, 0.29) is 0 Å². The number of hydrogen-bond acceptors (Lipinski definition) is 4. The molecule has 1 aliphatic rings. The summed E-state index contributed by atoms with van der Waals surface area (Å²) < 4.78 is 0. The maximum Gasteiger partial charge on any atom is 0.185 e. The van der Waals surface area contributed by atoms with Crippen LogP contribution in [0.5, 0.6) is 0 Å². The van der Waals surface area contributed by atoms with Crippen LogP contribution in [0, 0.1) is 17.8 Å². The minimum Gasteiger partial charge on any atom is -0.348 e. The Balaban J connectivity index is 1.84. The summed E-state index contributed by atoms with van der Waals surface area (Å²) in [6.07, 6.45) is 3.36. The molecule has 1 N–H and O–H groups in total. The first kappa shape index (κ1) is 14.8. The van der Waals surface area contributed by atoms with Gasteiger partial charge in [-0.3, -0.25) is 0 Å².